The summed E-state index contributed by atoms with van der Waals surface area (Å²) in [6.07, 6.45) is 0.371. The van der Waals surface area contributed by atoms with Crippen molar-refractivity contribution in [2.45, 2.75) is 34.1 Å². The Hall–Kier alpha value is -1.11. The Morgan fingerprint density at radius 1 is 1.24 bits per heavy atom. The van der Waals surface area contributed by atoms with Gasteiger partial charge in [0.1, 0.15) is 5.75 Å². The smallest absolute Gasteiger partial charge is 0.311 e. The van der Waals surface area contributed by atoms with Gasteiger partial charge >= 0.3 is 5.97 Å². The van der Waals surface area contributed by atoms with E-state index < -0.39 is 32.9 Å². The molecule has 1 amide bonds. The highest BCUT2D eigenvalue weighted by atomic mass is 32.2. The monoisotopic (exact) mass is 319 g/mol. The van der Waals surface area contributed by atoms with Crippen molar-refractivity contribution in [1.29, 1.82) is 0 Å². The molecule has 0 saturated carbocycles. The van der Waals surface area contributed by atoms with Crippen molar-refractivity contribution in [2.75, 3.05) is 24.6 Å². The fraction of sp³-hybridized carbons (Fsp3) is 0.857. The van der Waals surface area contributed by atoms with Gasteiger partial charge < -0.3 is 10.0 Å². The maximum absolute atomic E-state index is 12.1. The Morgan fingerprint density at radius 3 is 2.19 bits per heavy atom. The lowest BCUT2D eigenvalue weighted by molar-refractivity contribution is -0.151. The number of likely N-dealkylation sites (tertiary alicyclic amines) is 1. The topological polar surface area (TPSA) is 91.8 Å². The summed E-state index contributed by atoms with van der Waals surface area (Å²) in [4.78, 5) is 25.0. The first kappa shape index (κ1) is 17.9. The number of carboxylic acid groups (broad SMARTS) is 1. The molecule has 1 aliphatic rings. The maximum atomic E-state index is 12.1. The quantitative estimate of drug-likeness (QED) is 0.789. The van der Waals surface area contributed by atoms with Crippen LogP contribution in [-0.4, -0.2) is 54.9 Å². The van der Waals surface area contributed by atoms with Gasteiger partial charge in [0.05, 0.1) is 11.2 Å². The lowest BCUT2D eigenvalue weighted by Gasteiger charge is -2.28. The number of aliphatic carboxylic acids is 1. The number of rotatable bonds is 6. The summed E-state index contributed by atoms with van der Waals surface area (Å²) in [6, 6.07) is 0. The second kappa shape index (κ2) is 6.34. The van der Waals surface area contributed by atoms with Crippen LogP contribution in [0.3, 0.4) is 0 Å². The van der Waals surface area contributed by atoms with Gasteiger partial charge in [-0.25, -0.2) is 8.42 Å². The minimum Gasteiger partial charge on any atom is -0.481 e. The molecule has 1 N–H and O–H groups in total. The molecule has 1 aliphatic heterocycles. The van der Waals surface area contributed by atoms with Crippen molar-refractivity contribution >= 4 is 21.7 Å². The van der Waals surface area contributed by atoms with Gasteiger partial charge in [0.2, 0.25) is 5.91 Å². The number of amides is 1. The van der Waals surface area contributed by atoms with Crippen LogP contribution in [-0.2, 0) is 19.4 Å². The van der Waals surface area contributed by atoms with E-state index in [1.165, 1.54) is 4.90 Å². The van der Waals surface area contributed by atoms with Gasteiger partial charge in [-0.3, -0.25) is 9.59 Å². The third-order valence-corrected chi connectivity index (χ3v) is 5.98. The Labute approximate surface area is 126 Å². The highest BCUT2D eigenvalue weighted by Crippen LogP contribution is 2.38. The Balaban J connectivity index is 2.77. The first-order valence-electron chi connectivity index (χ1n) is 7.22. The molecular formula is C14H25NO5S. The van der Waals surface area contributed by atoms with E-state index in [0.29, 0.717) is 13.0 Å². The van der Waals surface area contributed by atoms with Crippen LogP contribution in [0.15, 0.2) is 0 Å². The van der Waals surface area contributed by atoms with Crippen molar-refractivity contribution < 1.29 is 23.1 Å². The number of carbonyl (C=O) groups excluding carboxylic acids is 1. The molecule has 0 bridgehead atoms. The lowest BCUT2D eigenvalue weighted by Crippen LogP contribution is -2.42. The van der Waals surface area contributed by atoms with E-state index in [-0.39, 0.29) is 24.1 Å². The van der Waals surface area contributed by atoms with Crippen molar-refractivity contribution in [1.82, 2.24) is 4.90 Å². The van der Waals surface area contributed by atoms with Crippen LogP contribution < -0.4 is 0 Å². The largest absolute Gasteiger partial charge is 0.481 e. The zero-order chi connectivity index (χ0) is 16.4. The van der Waals surface area contributed by atoms with E-state index in [9.17, 15) is 23.1 Å². The molecule has 7 heteroatoms. The van der Waals surface area contributed by atoms with Gasteiger partial charge in [-0.1, -0.05) is 27.7 Å². The highest BCUT2D eigenvalue weighted by molar-refractivity contribution is 7.92. The number of nitrogens with zero attached hydrogens (tertiary/aromatic N) is 1. The predicted molar refractivity (Wildman–Crippen MR) is 79.6 cm³/mol. The molecule has 0 radical (unpaired) electrons. The molecule has 0 aromatic carbocycles. The standard InChI is InChI=1S/C14H25NO5S/c1-10(2)7-21(19,20)8-12(16)15-6-5-14(9-15,11(3)4)13(17)18/h10-11H,5-9H2,1-4H3,(H,17,18). The second-order valence-electron chi connectivity index (χ2n) is 6.63. The fourth-order valence-electron chi connectivity index (χ4n) is 2.79. The van der Waals surface area contributed by atoms with Crippen LogP contribution >= 0.6 is 0 Å². The van der Waals surface area contributed by atoms with E-state index in [1.54, 1.807) is 13.8 Å². The molecule has 1 fully saturated rings. The average Bonchev–Trinajstić information content (AvgIpc) is 2.71. The lowest BCUT2D eigenvalue weighted by atomic mass is 9.76. The molecule has 1 unspecified atom stereocenters. The Morgan fingerprint density at radius 2 is 1.81 bits per heavy atom. The zero-order valence-corrected chi connectivity index (χ0v) is 13.9. The van der Waals surface area contributed by atoms with Gasteiger partial charge in [0.25, 0.3) is 0 Å². The summed E-state index contributed by atoms with van der Waals surface area (Å²) in [5, 5.41) is 9.43. The van der Waals surface area contributed by atoms with Crippen LogP contribution in [0.1, 0.15) is 34.1 Å². The summed E-state index contributed by atoms with van der Waals surface area (Å²) in [6.45, 7) is 7.60. The van der Waals surface area contributed by atoms with Gasteiger partial charge in [-0.05, 0) is 18.3 Å². The molecule has 1 atom stereocenters. The van der Waals surface area contributed by atoms with Crippen molar-refractivity contribution in [3.8, 4) is 0 Å². The normalized spacial score (nSPS) is 23.0. The predicted octanol–water partition coefficient (Wildman–Crippen LogP) is 1.02. The van der Waals surface area contributed by atoms with Crippen molar-refractivity contribution in [3.63, 3.8) is 0 Å². The fourth-order valence-corrected chi connectivity index (χ4v) is 4.48. The van der Waals surface area contributed by atoms with Crippen LogP contribution in [0.5, 0.6) is 0 Å². The molecule has 6 nitrogen and oxygen atoms in total. The zero-order valence-electron chi connectivity index (χ0n) is 13.1. The van der Waals surface area contributed by atoms with E-state index in [4.69, 9.17) is 0 Å². The van der Waals surface area contributed by atoms with E-state index in [0.717, 1.165) is 0 Å². The summed E-state index contributed by atoms with van der Waals surface area (Å²) >= 11 is 0. The van der Waals surface area contributed by atoms with Crippen LogP contribution in [0.25, 0.3) is 0 Å². The maximum Gasteiger partial charge on any atom is 0.311 e. The van der Waals surface area contributed by atoms with Gasteiger partial charge in [-0.2, -0.15) is 0 Å². The third-order valence-electron chi connectivity index (χ3n) is 4.12. The SMILES string of the molecule is CC(C)CS(=O)(=O)CC(=O)N1CCC(C(=O)O)(C(C)C)C1. The summed E-state index contributed by atoms with van der Waals surface area (Å²) < 4.78 is 23.7. The molecule has 1 rings (SSSR count). The summed E-state index contributed by atoms with van der Waals surface area (Å²) in [7, 11) is -3.43. The number of hydrogen-bond acceptors (Lipinski definition) is 4. The highest BCUT2D eigenvalue weighted by Gasteiger charge is 2.48. The number of sulfone groups is 1. The molecule has 1 saturated heterocycles. The molecule has 21 heavy (non-hydrogen) atoms. The third kappa shape index (κ3) is 4.18. The molecular weight excluding hydrogens is 294 g/mol. The summed E-state index contributed by atoms with van der Waals surface area (Å²) in [5.41, 5.74) is -0.961. The first-order valence-corrected chi connectivity index (χ1v) is 9.04. The molecule has 122 valence electrons. The number of carboxylic acids is 1. The molecule has 0 aromatic rings. The van der Waals surface area contributed by atoms with Crippen LogP contribution in [0, 0.1) is 17.3 Å². The van der Waals surface area contributed by atoms with Crippen LogP contribution in [0.4, 0.5) is 0 Å². The van der Waals surface area contributed by atoms with Crippen molar-refractivity contribution in [2.24, 2.45) is 17.3 Å². The molecule has 0 aliphatic carbocycles. The number of hydrogen-bond donors (Lipinski definition) is 1. The average molecular weight is 319 g/mol. The molecule has 0 aromatic heterocycles. The van der Waals surface area contributed by atoms with Crippen LogP contribution in [0.2, 0.25) is 0 Å². The van der Waals surface area contributed by atoms with E-state index in [2.05, 4.69) is 0 Å². The van der Waals surface area contributed by atoms with Crippen molar-refractivity contribution in [3.05, 3.63) is 0 Å². The van der Waals surface area contributed by atoms with Gasteiger partial charge in [0, 0.05) is 13.1 Å². The minimum absolute atomic E-state index is 0.0270. The van der Waals surface area contributed by atoms with Gasteiger partial charge in [0.15, 0.2) is 9.84 Å². The van der Waals surface area contributed by atoms with Gasteiger partial charge in [-0.15, -0.1) is 0 Å². The second-order valence-corrected chi connectivity index (χ2v) is 8.74. The Kier molecular flexibility index (Phi) is 5.41. The number of carbonyl (C=O) groups is 2. The minimum atomic E-state index is -3.43. The molecule has 1 heterocycles. The van der Waals surface area contributed by atoms with E-state index in [1.807, 2.05) is 13.8 Å². The Bertz CT molecular complexity index is 511. The molecule has 0 spiro atoms. The summed E-state index contributed by atoms with van der Waals surface area (Å²) in [5.74, 6) is -2.10. The first-order chi connectivity index (χ1) is 9.50. The van der Waals surface area contributed by atoms with E-state index >= 15 is 0 Å².